The van der Waals surface area contributed by atoms with Gasteiger partial charge in [0.2, 0.25) is 0 Å². The zero-order valence-electron chi connectivity index (χ0n) is 16.9. The number of nitro groups is 1. The SMILES string of the molecule is COc1cccc(/C=C2\CCn3c2nc2ccc([N+](=O)[O-])cc2c3=O)c1OC(C)C. The lowest BCUT2D eigenvalue weighted by Gasteiger charge is -2.16. The Bertz CT molecular complexity index is 1240. The van der Waals surface area contributed by atoms with E-state index in [1.54, 1.807) is 11.7 Å². The van der Waals surface area contributed by atoms with Gasteiger partial charge in [0.05, 0.1) is 29.0 Å². The van der Waals surface area contributed by atoms with Crippen molar-refractivity contribution in [2.45, 2.75) is 32.9 Å². The molecule has 0 amide bonds. The predicted molar refractivity (Wildman–Crippen MR) is 114 cm³/mol. The third-order valence-electron chi connectivity index (χ3n) is 4.95. The number of para-hydroxylation sites is 1. The number of allylic oxidation sites excluding steroid dienone is 1. The molecule has 154 valence electrons. The molecule has 8 nitrogen and oxygen atoms in total. The Morgan fingerprint density at radius 3 is 2.77 bits per heavy atom. The Morgan fingerprint density at radius 2 is 2.07 bits per heavy atom. The molecule has 3 aromatic rings. The molecular weight excluding hydrogens is 386 g/mol. The zero-order chi connectivity index (χ0) is 21.4. The number of nitrogens with zero attached hydrogens (tertiary/aromatic N) is 3. The molecule has 0 bridgehead atoms. The van der Waals surface area contributed by atoms with Crippen LogP contribution in [0.4, 0.5) is 5.69 Å². The van der Waals surface area contributed by atoms with E-state index < -0.39 is 4.92 Å². The Morgan fingerprint density at radius 1 is 1.27 bits per heavy atom. The second kappa shape index (κ2) is 7.62. The number of ether oxygens (including phenoxy) is 2. The highest BCUT2D eigenvalue weighted by molar-refractivity contribution is 5.87. The summed E-state index contributed by atoms with van der Waals surface area (Å²) in [6, 6.07) is 9.82. The minimum Gasteiger partial charge on any atom is -0.493 e. The van der Waals surface area contributed by atoms with Gasteiger partial charge in [-0.2, -0.15) is 0 Å². The van der Waals surface area contributed by atoms with E-state index in [0.29, 0.717) is 35.8 Å². The first-order chi connectivity index (χ1) is 14.4. The van der Waals surface area contributed by atoms with Gasteiger partial charge in [0.25, 0.3) is 11.2 Å². The van der Waals surface area contributed by atoms with E-state index in [0.717, 1.165) is 11.1 Å². The van der Waals surface area contributed by atoms with Crippen molar-refractivity contribution in [3.8, 4) is 11.5 Å². The molecule has 0 saturated heterocycles. The molecular formula is C22H21N3O5. The molecule has 1 aliphatic heterocycles. The molecule has 0 spiro atoms. The summed E-state index contributed by atoms with van der Waals surface area (Å²) in [6.07, 6.45) is 2.55. The van der Waals surface area contributed by atoms with Gasteiger partial charge in [-0.05, 0) is 44.1 Å². The van der Waals surface area contributed by atoms with Gasteiger partial charge in [0, 0.05) is 24.2 Å². The number of aromatic nitrogens is 2. The van der Waals surface area contributed by atoms with Crippen LogP contribution in [-0.4, -0.2) is 27.7 Å². The molecule has 0 unspecified atom stereocenters. The highest BCUT2D eigenvalue weighted by Gasteiger charge is 2.23. The van der Waals surface area contributed by atoms with E-state index >= 15 is 0 Å². The van der Waals surface area contributed by atoms with Crippen LogP contribution in [0.3, 0.4) is 0 Å². The van der Waals surface area contributed by atoms with Gasteiger partial charge in [-0.25, -0.2) is 4.98 Å². The van der Waals surface area contributed by atoms with E-state index in [-0.39, 0.29) is 22.7 Å². The van der Waals surface area contributed by atoms with E-state index in [1.807, 2.05) is 38.1 Å². The standard InChI is InChI=1S/C22H21N3O5/c1-13(2)30-20-14(5-4-6-19(20)29-3)11-15-9-10-24-21(15)23-18-8-7-16(25(27)28)12-17(18)22(24)26/h4-8,11-13H,9-10H2,1-3H3/b15-11+. The van der Waals surface area contributed by atoms with Crippen LogP contribution in [-0.2, 0) is 6.54 Å². The minimum atomic E-state index is -0.513. The van der Waals surface area contributed by atoms with Gasteiger partial charge in [-0.3, -0.25) is 19.5 Å². The Hall–Kier alpha value is -3.68. The highest BCUT2D eigenvalue weighted by atomic mass is 16.6. The summed E-state index contributed by atoms with van der Waals surface area (Å²) >= 11 is 0. The molecule has 1 aliphatic rings. The fraction of sp³-hybridized carbons (Fsp3) is 0.273. The number of fused-ring (bicyclic) bond motifs is 2. The van der Waals surface area contributed by atoms with Crippen molar-refractivity contribution in [1.29, 1.82) is 0 Å². The number of nitro benzene ring substituents is 1. The molecule has 0 atom stereocenters. The number of benzene rings is 2. The summed E-state index contributed by atoms with van der Waals surface area (Å²) in [5, 5.41) is 11.3. The molecule has 0 N–H and O–H groups in total. The number of non-ortho nitro benzene ring substituents is 1. The lowest BCUT2D eigenvalue weighted by atomic mass is 10.1. The molecule has 4 rings (SSSR count). The molecule has 8 heteroatoms. The van der Waals surface area contributed by atoms with Crippen LogP contribution >= 0.6 is 0 Å². The lowest BCUT2D eigenvalue weighted by molar-refractivity contribution is -0.384. The highest BCUT2D eigenvalue weighted by Crippen LogP contribution is 2.36. The van der Waals surface area contributed by atoms with Crippen LogP contribution in [0.1, 0.15) is 31.7 Å². The van der Waals surface area contributed by atoms with Gasteiger partial charge < -0.3 is 9.47 Å². The van der Waals surface area contributed by atoms with Crippen LogP contribution in [0.2, 0.25) is 0 Å². The lowest BCUT2D eigenvalue weighted by Crippen LogP contribution is -2.20. The fourth-order valence-corrected chi connectivity index (χ4v) is 3.61. The summed E-state index contributed by atoms with van der Waals surface area (Å²) in [6.45, 7) is 4.36. The second-order valence-electron chi connectivity index (χ2n) is 7.32. The number of rotatable bonds is 5. The monoisotopic (exact) mass is 407 g/mol. The fourth-order valence-electron chi connectivity index (χ4n) is 3.61. The summed E-state index contributed by atoms with van der Waals surface area (Å²) in [7, 11) is 1.59. The maximum absolute atomic E-state index is 12.9. The first kappa shape index (κ1) is 19.6. The van der Waals surface area contributed by atoms with Crippen molar-refractivity contribution in [1.82, 2.24) is 9.55 Å². The third kappa shape index (κ3) is 3.41. The van der Waals surface area contributed by atoms with Gasteiger partial charge >= 0.3 is 0 Å². The van der Waals surface area contributed by atoms with Crippen LogP contribution in [0.15, 0.2) is 41.2 Å². The molecule has 0 fully saturated rings. The first-order valence-corrected chi connectivity index (χ1v) is 9.62. The van der Waals surface area contributed by atoms with Crippen molar-refractivity contribution in [3.05, 3.63) is 68.3 Å². The Balaban J connectivity index is 1.85. The molecule has 0 aliphatic carbocycles. The topological polar surface area (TPSA) is 96.5 Å². The maximum Gasteiger partial charge on any atom is 0.270 e. The number of methoxy groups -OCH3 is 1. The van der Waals surface area contributed by atoms with Crippen LogP contribution in [0, 0.1) is 10.1 Å². The Kier molecular flexibility index (Phi) is 4.99. The van der Waals surface area contributed by atoms with Crippen molar-refractivity contribution >= 4 is 28.2 Å². The van der Waals surface area contributed by atoms with Crippen molar-refractivity contribution in [3.63, 3.8) is 0 Å². The second-order valence-corrected chi connectivity index (χ2v) is 7.32. The molecule has 0 saturated carbocycles. The van der Waals surface area contributed by atoms with E-state index in [2.05, 4.69) is 4.98 Å². The third-order valence-corrected chi connectivity index (χ3v) is 4.95. The maximum atomic E-state index is 12.9. The summed E-state index contributed by atoms with van der Waals surface area (Å²) in [5.41, 5.74) is 1.78. The smallest absolute Gasteiger partial charge is 0.270 e. The van der Waals surface area contributed by atoms with E-state index in [1.165, 1.54) is 18.2 Å². The number of hydrogen-bond donors (Lipinski definition) is 0. The van der Waals surface area contributed by atoms with Crippen LogP contribution < -0.4 is 15.0 Å². The van der Waals surface area contributed by atoms with Crippen molar-refractivity contribution in [2.75, 3.05) is 7.11 Å². The van der Waals surface area contributed by atoms with Crippen LogP contribution in [0.5, 0.6) is 11.5 Å². The average molecular weight is 407 g/mol. The van der Waals surface area contributed by atoms with Gasteiger partial charge in [-0.1, -0.05) is 12.1 Å². The molecule has 0 radical (unpaired) electrons. The zero-order valence-corrected chi connectivity index (χ0v) is 16.9. The normalized spacial score (nSPS) is 14.3. The molecule has 2 aromatic carbocycles. The predicted octanol–water partition coefficient (Wildman–Crippen LogP) is 4.04. The summed E-state index contributed by atoms with van der Waals surface area (Å²) < 4.78 is 13.0. The number of hydrogen-bond acceptors (Lipinski definition) is 6. The van der Waals surface area contributed by atoms with E-state index in [9.17, 15) is 14.9 Å². The van der Waals surface area contributed by atoms with Crippen molar-refractivity contribution < 1.29 is 14.4 Å². The average Bonchev–Trinajstić information content (AvgIpc) is 3.11. The molecule has 1 aromatic heterocycles. The summed E-state index contributed by atoms with van der Waals surface area (Å²) in [5.74, 6) is 1.84. The first-order valence-electron chi connectivity index (χ1n) is 9.62. The largest absolute Gasteiger partial charge is 0.493 e. The quantitative estimate of drug-likeness (QED) is 0.468. The summed E-state index contributed by atoms with van der Waals surface area (Å²) in [4.78, 5) is 28.1. The van der Waals surface area contributed by atoms with Gasteiger partial charge in [-0.15, -0.1) is 0 Å². The van der Waals surface area contributed by atoms with Crippen LogP contribution in [0.25, 0.3) is 22.6 Å². The van der Waals surface area contributed by atoms with E-state index in [4.69, 9.17) is 9.47 Å². The molecule has 2 heterocycles. The minimum absolute atomic E-state index is 0.0326. The molecule has 30 heavy (non-hydrogen) atoms. The van der Waals surface area contributed by atoms with Gasteiger partial charge in [0.1, 0.15) is 5.82 Å². The van der Waals surface area contributed by atoms with Gasteiger partial charge in [0.15, 0.2) is 11.5 Å². The Labute approximate surface area is 172 Å². The van der Waals surface area contributed by atoms with Crippen molar-refractivity contribution in [2.24, 2.45) is 0 Å².